The minimum absolute atomic E-state index is 0.285. The topological polar surface area (TPSA) is 58.5 Å². The minimum Gasteiger partial charge on any atom is -0.306 e. The Morgan fingerprint density at radius 1 is 1.39 bits per heavy atom. The molecular weight excluding hydrogens is 226 g/mol. The van der Waals surface area contributed by atoms with E-state index in [-0.39, 0.29) is 6.04 Å². The molecule has 5 heteroatoms. The first-order chi connectivity index (χ1) is 8.50. The van der Waals surface area contributed by atoms with Gasteiger partial charge in [0.2, 0.25) is 0 Å². The first-order valence-corrected chi connectivity index (χ1v) is 6.23. The quantitative estimate of drug-likeness (QED) is 0.867. The molecule has 2 aromatic heterocycles. The van der Waals surface area contributed by atoms with Crippen LogP contribution in [-0.2, 0) is 13.6 Å². The van der Waals surface area contributed by atoms with Crippen LogP contribution in [0, 0.1) is 20.8 Å². The van der Waals surface area contributed by atoms with Gasteiger partial charge >= 0.3 is 0 Å². The average Bonchev–Trinajstić information content (AvgIpc) is 2.82. The molecule has 1 atom stereocenters. The van der Waals surface area contributed by atoms with Crippen molar-refractivity contribution in [3.8, 4) is 0 Å². The van der Waals surface area contributed by atoms with Gasteiger partial charge in [0, 0.05) is 42.1 Å². The van der Waals surface area contributed by atoms with Crippen LogP contribution in [0.4, 0.5) is 0 Å². The maximum atomic E-state index is 4.28. The summed E-state index contributed by atoms with van der Waals surface area (Å²) < 4.78 is 1.90. The lowest BCUT2D eigenvalue weighted by Gasteiger charge is -2.13. The lowest BCUT2D eigenvalue weighted by molar-refractivity contribution is 0.568. The largest absolute Gasteiger partial charge is 0.306 e. The third kappa shape index (κ3) is 2.31. The summed E-state index contributed by atoms with van der Waals surface area (Å²) in [5.74, 6) is 0. The van der Waals surface area contributed by atoms with E-state index in [4.69, 9.17) is 0 Å². The van der Waals surface area contributed by atoms with Crippen LogP contribution in [0.25, 0.3) is 0 Å². The lowest BCUT2D eigenvalue weighted by Crippen LogP contribution is -2.19. The second-order valence-electron chi connectivity index (χ2n) is 4.82. The number of aryl methyl sites for hydroxylation is 3. The fourth-order valence-corrected chi connectivity index (χ4v) is 2.14. The van der Waals surface area contributed by atoms with Crippen molar-refractivity contribution < 1.29 is 0 Å². The molecule has 2 rings (SSSR count). The molecule has 98 valence electrons. The van der Waals surface area contributed by atoms with E-state index in [2.05, 4.69) is 41.4 Å². The van der Waals surface area contributed by atoms with Crippen molar-refractivity contribution in [1.29, 1.82) is 0 Å². The van der Waals surface area contributed by atoms with E-state index in [1.807, 2.05) is 24.9 Å². The zero-order chi connectivity index (χ0) is 13.3. The Labute approximate surface area is 108 Å². The third-order valence-corrected chi connectivity index (χ3v) is 3.61. The summed E-state index contributed by atoms with van der Waals surface area (Å²) in [4.78, 5) is 0. The number of nitrogens with zero attached hydrogens (tertiary/aromatic N) is 3. The SMILES string of the molecule is Cc1n[nH]c(C)c1CNC(C)c1cnn(C)c1C. The molecule has 0 fully saturated rings. The highest BCUT2D eigenvalue weighted by Crippen LogP contribution is 2.17. The number of nitrogens with one attached hydrogen (secondary N) is 2. The summed E-state index contributed by atoms with van der Waals surface area (Å²) in [6.07, 6.45) is 1.93. The van der Waals surface area contributed by atoms with E-state index < -0.39 is 0 Å². The van der Waals surface area contributed by atoms with Crippen LogP contribution in [0.5, 0.6) is 0 Å². The van der Waals surface area contributed by atoms with Gasteiger partial charge in [0.15, 0.2) is 0 Å². The van der Waals surface area contributed by atoms with Crippen molar-refractivity contribution in [3.63, 3.8) is 0 Å². The van der Waals surface area contributed by atoms with Crippen LogP contribution in [0.3, 0.4) is 0 Å². The van der Waals surface area contributed by atoms with Gasteiger partial charge in [-0.3, -0.25) is 9.78 Å². The second-order valence-corrected chi connectivity index (χ2v) is 4.82. The van der Waals surface area contributed by atoms with E-state index in [1.165, 1.54) is 16.8 Å². The highest BCUT2D eigenvalue weighted by atomic mass is 15.3. The number of H-pyrrole nitrogens is 1. The van der Waals surface area contributed by atoms with Crippen molar-refractivity contribution in [2.75, 3.05) is 0 Å². The van der Waals surface area contributed by atoms with Crippen LogP contribution >= 0.6 is 0 Å². The number of aromatic nitrogens is 4. The molecule has 0 aromatic carbocycles. The molecule has 2 N–H and O–H groups in total. The van der Waals surface area contributed by atoms with Crippen LogP contribution < -0.4 is 5.32 Å². The lowest BCUT2D eigenvalue weighted by atomic mass is 10.1. The molecule has 0 spiro atoms. The Morgan fingerprint density at radius 3 is 2.61 bits per heavy atom. The van der Waals surface area contributed by atoms with Crippen molar-refractivity contribution in [3.05, 3.63) is 34.4 Å². The molecule has 5 nitrogen and oxygen atoms in total. The van der Waals surface area contributed by atoms with Gasteiger partial charge in [-0.25, -0.2) is 0 Å². The van der Waals surface area contributed by atoms with Gasteiger partial charge in [-0.1, -0.05) is 0 Å². The second kappa shape index (κ2) is 4.94. The summed E-state index contributed by atoms with van der Waals surface area (Å²) in [5, 5.41) is 15.0. The Morgan fingerprint density at radius 2 is 2.11 bits per heavy atom. The number of aromatic amines is 1. The van der Waals surface area contributed by atoms with Gasteiger partial charge in [-0.2, -0.15) is 10.2 Å². The molecule has 0 saturated heterocycles. The summed E-state index contributed by atoms with van der Waals surface area (Å²) in [7, 11) is 1.97. The maximum absolute atomic E-state index is 4.28. The van der Waals surface area contributed by atoms with Gasteiger partial charge in [-0.05, 0) is 27.7 Å². The fraction of sp³-hybridized carbons (Fsp3) is 0.538. The van der Waals surface area contributed by atoms with Crippen molar-refractivity contribution >= 4 is 0 Å². The summed E-state index contributed by atoms with van der Waals surface area (Å²) in [6, 6.07) is 0.285. The van der Waals surface area contributed by atoms with Gasteiger partial charge < -0.3 is 5.32 Å². The molecular formula is C13H21N5. The van der Waals surface area contributed by atoms with Crippen LogP contribution in [0.1, 0.15) is 41.2 Å². The molecule has 18 heavy (non-hydrogen) atoms. The van der Waals surface area contributed by atoms with E-state index >= 15 is 0 Å². The molecule has 0 radical (unpaired) electrons. The molecule has 0 aliphatic rings. The fourth-order valence-electron chi connectivity index (χ4n) is 2.14. The maximum Gasteiger partial charge on any atom is 0.0638 e. The number of hydrogen-bond donors (Lipinski definition) is 2. The van der Waals surface area contributed by atoms with Crippen molar-refractivity contribution in [2.45, 2.75) is 40.3 Å². The molecule has 0 saturated carbocycles. The van der Waals surface area contributed by atoms with Gasteiger partial charge in [-0.15, -0.1) is 0 Å². The predicted octanol–water partition coefficient (Wildman–Crippen LogP) is 1.92. The zero-order valence-electron chi connectivity index (χ0n) is 11.7. The summed E-state index contributed by atoms with van der Waals surface area (Å²) in [6.45, 7) is 9.16. The average molecular weight is 247 g/mol. The minimum atomic E-state index is 0.285. The van der Waals surface area contributed by atoms with E-state index in [0.29, 0.717) is 0 Å². The van der Waals surface area contributed by atoms with E-state index in [1.54, 1.807) is 0 Å². The van der Waals surface area contributed by atoms with Crippen LogP contribution in [0.15, 0.2) is 6.20 Å². The molecule has 1 unspecified atom stereocenters. The summed E-state index contributed by atoms with van der Waals surface area (Å²) in [5.41, 5.74) is 5.90. The normalized spacial score (nSPS) is 12.9. The highest BCUT2D eigenvalue weighted by Gasteiger charge is 2.13. The Bertz CT molecular complexity index is 518. The van der Waals surface area contributed by atoms with Crippen molar-refractivity contribution in [2.24, 2.45) is 7.05 Å². The molecule has 0 aliphatic carbocycles. The molecule has 0 bridgehead atoms. The van der Waals surface area contributed by atoms with Gasteiger partial charge in [0.1, 0.15) is 0 Å². The first-order valence-electron chi connectivity index (χ1n) is 6.23. The standard InChI is InChI=1S/C13H21N5/c1-8(13-7-15-18(5)11(13)4)14-6-12-9(2)16-17-10(12)3/h7-8,14H,6H2,1-5H3,(H,16,17). The molecule has 2 heterocycles. The van der Waals surface area contributed by atoms with E-state index in [0.717, 1.165) is 17.9 Å². The zero-order valence-corrected chi connectivity index (χ0v) is 11.7. The number of rotatable bonds is 4. The molecule has 0 amide bonds. The Hall–Kier alpha value is -1.62. The number of hydrogen-bond acceptors (Lipinski definition) is 3. The van der Waals surface area contributed by atoms with Crippen LogP contribution in [-0.4, -0.2) is 20.0 Å². The first kappa shape index (κ1) is 12.8. The van der Waals surface area contributed by atoms with Gasteiger partial charge in [0.05, 0.1) is 11.9 Å². The van der Waals surface area contributed by atoms with Gasteiger partial charge in [0.25, 0.3) is 0 Å². The smallest absolute Gasteiger partial charge is 0.0638 e. The molecule has 0 aliphatic heterocycles. The molecule has 2 aromatic rings. The predicted molar refractivity (Wildman–Crippen MR) is 71.3 cm³/mol. The Kier molecular flexibility index (Phi) is 3.52. The summed E-state index contributed by atoms with van der Waals surface area (Å²) >= 11 is 0. The van der Waals surface area contributed by atoms with Crippen molar-refractivity contribution in [1.82, 2.24) is 25.3 Å². The highest BCUT2D eigenvalue weighted by molar-refractivity contribution is 5.24. The monoisotopic (exact) mass is 247 g/mol. The third-order valence-electron chi connectivity index (χ3n) is 3.61. The Balaban J connectivity index is 2.05. The van der Waals surface area contributed by atoms with E-state index in [9.17, 15) is 0 Å². The van der Waals surface area contributed by atoms with Crippen LogP contribution in [0.2, 0.25) is 0 Å².